The molecule has 1 amide bonds. The molecule has 1 fully saturated rings. The van der Waals surface area contributed by atoms with Gasteiger partial charge in [0.1, 0.15) is 17.3 Å². The summed E-state index contributed by atoms with van der Waals surface area (Å²) in [7, 11) is 0. The van der Waals surface area contributed by atoms with Crippen LogP contribution in [0.1, 0.15) is 66.7 Å². The van der Waals surface area contributed by atoms with Crippen LogP contribution < -0.4 is 0 Å². The van der Waals surface area contributed by atoms with Crippen LogP contribution in [-0.4, -0.2) is 48.8 Å². The summed E-state index contributed by atoms with van der Waals surface area (Å²) < 4.78 is 21.0. The van der Waals surface area contributed by atoms with Crippen molar-refractivity contribution in [3.63, 3.8) is 0 Å². The molecule has 1 saturated heterocycles. The molecule has 0 aliphatic carbocycles. The van der Waals surface area contributed by atoms with E-state index in [0.717, 1.165) is 12.8 Å². The first-order chi connectivity index (χ1) is 13.9. The van der Waals surface area contributed by atoms with Gasteiger partial charge in [-0.1, -0.05) is 31.1 Å². The minimum absolute atomic E-state index is 0.00729. The average molecular weight is 398 g/mol. The smallest absolute Gasteiger partial charge is 0.293 e. The van der Waals surface area contributed by atoms with Gasteiger partial charge in [0.25, 0.3) is 5.91 Å². The fourth-order valence-corrected chi connectivity index (χ4v) is 3.57. The molecule has 0 spiro atoms. The fourth-order valence-electron chi connectivity index (χ4n) is 3.57. The number of piperidine rings is 1. The number of nitrogens with zero attached hydrogens (tertiary/aromatic N) is 6. The zero-order valence-corrected chi connectivity index (χ0v) is 16.7. The van der Waals surface area contributed by atoms with Crippen LogP contribution in [0.15, 0.2) is 28.8 Å². The Hall–Kier alpha value is -3.10. The number of benzene rings is 1. The van der Waals surface area contributed by atoms with Gasteiger partial charge in [-0.25, -0.2) is 14.1 Å². The summed E-state index contributed by atoms with van der Waals surface area (Å²) in [4.78, 5) is 23.6. The van der Waals surface area contributed by atoms with Gasteiger partial charge >= 0.3 is 0 Å². The van der Waals surface area contributed by atoms with Crippen molar-refractivity contribution in [1.29, 1.82) is 0 Å². The second-order valence-corrected chi connectivity index (χ2v) is 7.58. The first kappa shape index (κ1) is 19.2. The second-order valence-electron chi connectivity index (χ2n) is 7.58. The molecular weight excluding hydrogens is 375 g/mol. The highest BCUT2D eigenvalue weighted by atomic mass is 19.1. The molecule has 1 unspecified atom stereocenters. The molecule has 3 heterocycles. The second kappa shape index (κ2) is 7.73. The topological polar surface area (TPSA) is 89.9 Å². The summed E-state index contributed by atoms with van der Waals surface area (Å²) >= 11 is 0. The number of aryl methyl sites for hydroxylation is 1. The highest BCUT2D eigenvalue weighted by Gasteiger charge is 2.31. The van der Waals surface area contributed by atoms with Gasteiger partial charge in [-0.05, 0) is 31.9 Å². The van der Waals surface area contributed by atoms with Crippen LogP contribution in [0, 0.1) is 12.7 Å². The van der Waals surface area contributed by atoms with E-state index >= 15 is 0 Å². The maximum absolute atomic E-state index is 14.3. The average Bonchev–Trinajstić information content (AvgIpc) is 3.35. The summed E-state index contributed by atoms with van der Waals surface area (Å²) in [5.74, 6) is 1.01. The molecule has 9 heteroatoms. The Bertz CT molecular complexity index is 1030. The molecule has 2 aromatic heterocycles. The van der Waals surface area contributed by atoms with Crippen molar-refractivity contribution in [2.24, 2.45) is 0 Å². The van der Waals surface area contributed by atoms with Crippen molar-refractivity contribution in [1.82, 2.24) is 29.8 Å². The number of halogens is 1. The highest BCUT2D eigenvalue weighted by Crippen LogP contribution is 2.27. The molecular formula is C20H23FN6O2. The fraction of sp³-hybridized carbons (Fsp3) is 0.450. The van der Waals surface area contributed by atoms with E-state index in [4.69, 9.17) is 4.52 Å². The van der Waals surface area contributed by atoms with E-state index < -0.39 is 5.82 Å². The SMILES string of the molecule is Cc1noc(C2CCCN(C(=O)c3nc(C(C)C)n(-c4ccccc4F)n3)C2)n1. The number of hydrogen-bond acceptors (Lipinski definition) is 6. The lowest BCUT2D eigenvalue weighted by molar-refractivity contribution is 0.0683. The molecule has 0 bridgehead atoms. The zero-order chi connectivity index (χ0) is 20.5. The van der Waals surface area contributed by atoms with E-state index in [2.05, 4.69) is 20.2 Å². The molecule has 0 saturated carbocycles. The van der Waals surface area contributed by atoms with Crippen molar-refractivity contribution in [2.45, 2.75) is 45.4 Å². The predicted octanol–water partition coefficient (Wildman–Crippen LogP) is 3.24. The Morgan fingerprint density at radius 2 is 2.07 bits per heavy atom. The maximum atomic E-state index is 14.3. The van der Waals surface area contributed by atoms with Crippen molar-refractivity contribution in [3.05, 3.63) is 53.4 Å². The summed E-state index contributed by atoms with van der Waals surface area (Å²) in [5, 5.41) is 8.21. The first-order valence-corrected chi connectivity index (χ1v) is 9.75. The number of carbonyl (C=O) groups is 1. The summed E-state index contributed by atoms with van der Waals surface area (Å²) in [6.07, 6.45) is 1.70. The molecule has 0 N–H and O–H groups in total. The number of hydrogen-bond donors (Lipinski definition) is 0. The molecule has 4 rings (SSSR count). The van der Waals surface area contributed by atoms with Gasteiger partial charge in [0.05, 0.1) is 5.92 Å². The van der Waals surface area contributed by atoms with Crippen LogP contribution in [0.4, 0.5) is 4.39 Å². The molecule has 29 heavy (non-hydrogen) atoms. The molecule has 0 radical (unpaired) electrons. The molecule has 8 nitrogen and oxygen atoms in total. The number of aromatic nitrogens is 5. The molecule has 1 aromatic carbocycles. The molecule has 1 aliphatic heterocycles. The first-order valence-electron chi connectivity index (χ1n) is 9.75. The monoisotopic (exact) mass is 398 g/mol. The normalized spacial score (nSPS) is 17.1. The quantitative estimate of drug-likeness (QED) is 0.670. The van der Waals surface area contributed by atoms with E-state index in [1.807, 2.05) is 13.8 Å². The third-order valence-electron chi connectivity index (χ3n) is 5.02. The third kappa shape index (κ3) is 3.76. The van der Waals surface area contributed by atoms with Crippen LogP contribution in [0.25, 0.3) is 5.69 Å². The standard InChI is InChI=1S/C20H23FN6O2/c1-12(2)18-23-17(24-27(18)16-9-5-4-8-15(16)21)20(28)26-10-6-7-14(11-26)19-22-13(3)25-29-19/h4-5,8-9,12,14H,6-7,10-11H2,1-3H3. The molecule has 1 atom stereocenters. The van der Waals surface area contributed by atoms with Gasteiger partial charge in [0.15, 0.2) is 5.82 Å². The minimum Gasteiger partial charge on any atom is -0.339 e. The van der Waals surface area contributed by atoms with Crippen LogP contribution in [0.3, 0.4) is 0 Å². The summed E-state index contributed by atoms with van der Waals surface area (Å²) in [5.41, 5.74) is 0.278. The largest absolute Gasteiger partial charge is 0.339 e. The number of para-hydroxylation sites is 1. The maximum Gasteiger partial charge on any atom is 0.293 e. The highest BCUT2D eigenvalue weighted by molar-refractivity contribution is 5.90. The van der Waals surface area contributed by atoms with Gasteiger partial charge in [-0.3, -0.25) is 4.79 Å². The van der Waals surface area contributed by atoms with E-state index in [-0.39, 0.29) is 29.3 Å². The van der Waals surface area contributed by atoms with E-state index in [0.29, 0.717) is 30.6 Å². The van der Waals surface area contributed by atoms with Gasteiger partial charge < -0.3 is 9.42 Å². The number of likely N-dealkylation sites (tertiary alicyclic amines) is 1. The number of amides is 1. The summed E-state index contributed by atoms with van der Waals surface area (Å²) in [6, 6.07) is 6.33. The van der Waals surface area contributed by atoms with Gasteiger partial charge in [-0.15, -0.1) is 5.10 Å². The Balaban J connectivity index is 1.62. The molecule has 152 valence electrons. The number of rotatable bonds is 4. The van der Waals surface area contributed by atoms with Crippen LogP contribution in [0.5, 0.6) is 0 Å². The van der Waals surface area contributed by atoms with Crippen molar-refractivity contribution >= 4 is 5.91 Å². The molecule has 3 aromatic rings. The molecule has 1 aliphatic rings. The van der Waals surface area contributed by atoms with Crippen LogP contribution in [-0.2, 0) is 0 Å². The van der Waals surface area contributed by atoms with Gasteiger partial charge in [0, 0.05) is 19.0 Å². The Kier molecular flexibility index (Phi) is 5.12. The lowest BCUT2D eigenvalue weighted by Crippen LogP contribution is -2.39. The van der Waals surface area contributed by atoms with Gasteiger partial charge in [-0.2, -0.15) is 4.98 Å². The zero-order valence-electron chi connectivity index (χ0n) is 16.7. The third-order valence-corrected chi connectivity index (χ3v) is 5.02. The predicted molar refractivity (Wildman–Crippen MR) is 102 cm³/mol. The lowest BCUT2D eigenvalue weighted by atomic mass is 9.98. The Morgan fingerprint density at radius 1 is 1.28 bits per heavy atom. The van der Waals surface area contributed by atoms with Crippen molar-refractivity contribution in [3.8, 4) is 5.69 Å². The van der Waals surface area contributed by atoms with E-state index in [1.54, 1.807) is 30.0 Å². The van der Waals surface area contributed by atoms with Crippen molar-refractivity contribution < 1.29 is 13.7 Å². The number of carbonyl (C=O) groups excluding carboxylic acids is 1. The summed E-state index contributed by atoms with van der Waals surface area (Å²) in [6.45, 7) is 6.71. The van der Waals surface area contributed by atoms with Crippen LogP contribution in [0.2, 0.25) is 0 Å². The Labute approximate surface area is 167 Å². The minimum atomic E-state index is -0.414. The lowest BCUT2D eigenvalue weighted by Gasteiger charge is -2.30. The van der Waals surface area contributed by atoms with E-state index in [1.165, 1.54) is 10.7 Å². The Morgan fingerprint density at radius 3 is 2.76 bits per heavy atom. The van der Waals surface area contributed by atoms with Crippen molar-refractivity contribution in [2.75, 3.05) is 13.1 Å². The van der Waals surface area contributed by atoms with Crippen LogP contribution >= 0.6 is 0 Å². The van der Waals surface area contributed by atoms with E-state index in [9.17, 15) is 9.18 Å². The van der Waals surface area contributed by atoms with Gasteiger partial charge in [0.2, 0.25) is 11.7 Å².